The van der Waals surface area contributed by atoms with Crippen LogP contribution >= 0.6 is 0 Å². The summed E-state index contributed by atoms with van der Waals surface area (Å²) in [6.07, 6.45) is 5.86. The van der Waals surface area contributed by atoms with Crippen molar-refractivity contribution in [2.24, 2.45) is 17.8 Å². The number of methoxy groups -OCH3 is 1. The molecule has 2 aliphatic rings. The second kappa shape index (κ2) is 6.08. The summed E-state index contributed by atoms with van der Waals surface area (Å²) < 4.78 is 5.31. The lowest BCUT2D eigenvalue weighted by molar-refractivity contribution is -0.121. The monoisotopic (exact) mass is 287 g/mol. The van der Waals surface area contributed by atoms with Crippen LogP contribution in [0.2, 0.25) is 0 Å². The normalized spacial score (nSPS) is 28.4. The third-order valence-electron chi connectivity index (χ3n) is 5.37. The Balaban J connectivity index is 1.56. The van der Waals surface area contributed by atoms with Gasteiger partial charge in [-0.25, -0.2) is 0 Å². The molecule has 3 nitrogen and oxygen atoms in total. The largest absolute Gasteiger partial charge is 0.496 e. The molecule has 2 aliphatic carbocycles. The van der Waals surface area contributed by atoms with Crippen molar-refractivity contribution >= 4 is 5.91 Å². The summed E-state index contributed by atoms with van der Waals surface area (Å²) in [5.74, 6) is 3.35. The topological polar surface area (TPSA) is 38.3 Å². The van der Waals surface area contributed by atoms with Gasteiger partial charge in [0.2, 0.25) is 5.91 Å². The van der Waals surface area contributed by atoms with Crippen LogP contribution in [0.25, 0.3) is 0 Å². The maximum absolute atomic E-state index is 12.3. The molecule has 1 amide bonds. The molecular weight excluding hydrogens is 262 g/mol. The van der Waals surface area contributed by atoms with Crippen molar-refractivity contribution in [3.8, 4) is 5.75 Å². The lowest BCUT2D eigenvalue weighted by Crippen LogP contribution is -2.40. The predicted octanol–water partition coefficient (Wildman–Crippen LogP) is 3.18. The zero-order chi connectivity index (χ0) is 14.8. The van der Waals surface area contributed by atoms with Crippen molar-refractivity contribution in [3.05, 3.63) is 29.8 Å². The fourth-order valence-electron chi connectivity index (χ4n) is 4.34. The Morgan fingerprint density at radius 1 is 1.33 bits per heavy atom. The van der Waals surface area contributed by atoms with Gasteiger partial charge >= 0.3 is 0 Å². The Hall–Kier alpha value is -1.51. The number of amides is 1. The van der Waals surface area contributed by atoms with Crippen molar-refractivity contribution in [1.29, 1.82) is 0 Å². The number of ether oxygens (including phenoxy) is 1. The van der Waals surface area contributed by atoms with Gasteiger partial charge in [-0.15, -0.1) is 0 Å². The zero-order valence-corrected chi connectivity index (χ0v) is 13.0. The van der Waals surface area contributed by atoms with Gasteiger partial charge in [0, 0.05) is 11.6 Å². The maximum atomic E-state index is 12.3. The zero-order valence-electron chi connectivity index (χ0n) is 13.0. The molecule has 2 saturated carbocycles. The number of carbonyl (C=O) groups is 1. The summed E-state index contributed by atoms with van der Waals surface area (Å²) in [7, 11) is 1.65. The Kier molecular flexibility index (Phi) is 4.18. The number of fused-ring (bicyclic) bond motifs is 2. The predicted molar refractivity (Wildman–Crippen MR) is 83.2 cm³/mol. The van der Waals surface area contributed by atoms with Crippen LogP contribution in [0.3, 0.4) is 0 Å². The van der Waals surface area contributed by atoms with E-state index in [9.17, 15) is 4.79 Å². The fourth-order valence-corrected chi connectivity index (χ4v) is 4.34. The van der Waals surface area contributed by atoms with Crippen LogP contribution in [0.15, 0.2) is 24.3 Å². The van der Waals surface area contributed by atoms with Gasteiger partial charge in [0.05, 0.1) is 13.5 Å². The van der Waals surface area contributed by atoms with Gasteiger partial charge < -0.3 is 10.1 Å². The van der Waals surface area contributed by atoms with Gasteiger partial charge in [-0.3, -0.25) is 4.79 Å². The molecule has 2 fully saturated rings. The number of rotatable bonds is 5. The molecule has 21 heavy (non-hydrogen) atoms. The van der Waals surface area contributed by atoms with Crippen molar-refractivity contribution in [2.45, 2.75) is 45.1 Å². The number of para-hydroxylation sites is 1. The molecule has 3 rings (SSSR count). The standard InChI is InChI=1S/C18H25NO2/c1-12(16-10-13-7-8-14(16)9-13)19-18(20)11-15-5-3-4-6-17(15)21-2/h3-6,12-14,16H,7-11H2,1-2H3,(H,19,20)/t12-,13+,14+,16+/m1/s1. The summed E-state index contributed by atoms with van der Waals surface area (Å²) in [6.45, 7) is 2.17. The summed E-state index contributed by atoms with van der Waals surface area (Å²) in [6, 6.07) is 8.04. The van der Waals surface area contributed by atoms with Crippen LogP contribution in [-0.4, -0.2) is 19.1 Å². The van der Waals surface area contributed by atoms with E-state index in [2.05, 4.69) is 12.2 Å². The Labute approximate surface area is 127 Å². The summed E-state index contributed by atoms with van der Waals surface area (Å²) >= 11 is 0. The number of carbonyl (C=O) groups excluding carboxylic acids is 1. The highest BCUT2D eigenvalue weighted by Crippen LogP contribution is 2.49. The van der Waals surface area contributed by atoms with E-state index in [1.54, 1.807) is 7.11 Å². The second-order valence-electron chi connectivity index (χ2n) is 6.68. The maximum Gasteiger partial charge on any atom is 0.224 e. The van der Waals surface area contributed by atoms with Gasteiger partial charge in [0.25, 0.3) is 0 Å². The summed E-state index contributed by atoms with van der Waals surface area (Å²) in [5.41, 5.74) is 0.956. The van der Waals surface area contributed by atoms with Gasteiger partial charge in [0.15, 0.2) is 0 Å². The Morgan fingerprint density at radius 2 is 2.14 bits per heavy atom. The summed E-state index contributed by atoms with van der Waals surface area (Å²) in [4.78, 5) is 12.3. The molecule has 114 valence electrons. The van der Waals surface area contributed by atoms with E-state index in [0.717, 1.165) is 23.1 Å². The molecule has 0 saturated heterocycles. The van der Waals surface area contributed by atoms with Crippen LogP contribution in [0, 0.1) is 17.8 Å². The first-order valence-electron chi connectivity index (χ1n) is 8.08. The van der Waals surface area contributed by atoms with E-state index in [-0.39, 0.29) is 5.91 Å². The number of benzene rings is 1. The molecule has 3 heteroatoms. The third-order valence-corrected chi connectivity index (χ3v) is 5.37. The highest BCUT2D eigenvalue weighted by Gasteiger charge is 2.42. The molecule has 1 aromatic rings. The van der Waals surface area contributed by atoms with Crippen molar-refractivity contribution in [2.75, 3.05) is 7.11 Å². The van der Waals surface area contributed by atoms with Gasteiger partial charge in [-0.1, -0.05) is 24.6 Å². The number of hydrogen-bond acceptors (Lipinski definition) is 2. The molecule has 4 atom stereocenters. The molecule has 0 radical (unpaired) electrons. The average molecular weight is 287 g/mol. The molecule has 1 aromatic carbocycles. The van der Waals surface area contributed by atoms with Crippen LogP contribution in [0.1, 0.15) is 38.2 Å². The first kappa shape index (κ1) is 14.4. The minimum absolute atomic E-state index is 0.106. The number of hydrogen-bond donors (Lipinski definition) is 1. The Bertz CT molecular complexity index is 514. The minimum Gasteiger partial charge on any atom is -0.496 e. The van der Waals surface area contributed by atoms with Crippen LogP contribution in [0.4, 0.5) is 0 Å². The SMILES string of the molecule is COc1ccccc1CC(=O)N[C@H](C)[C@@H]1C[C@H]2CC[C@H]1C2. The van der Waals surface area contributed by atoms with E-state index in [1.807, 2.05) is 24.3 Å². The third kappa shape index (κ3) is 3.07. The summed E-state index contributed by atoms with van der Waals surface area (Å²) in [5, 5.41) is 3.21. The van der Waals surface area contributed by atoms with Gasteiger partial charge in [-0.2, -0.15) is 0 Å². The average Bonchev–Trinajstić information content (AvgIpc) is 3.10. The van der Waals surface area contributed by atoms with E-state index >= 15 is 0 Å². The van der Waals surface area contributed by atoms with Gasteiger partial charge in [-0.05, 0) is 50.0 Å². The van der Waals surface area contributed by atoms with Crippen molar-refractivity contribution in [3.63, 3.8) is 0 Å². The van der Waals surface area contributed by atoms with E-state index < -0.39 is 0 Å². The fraction of sp³-hybridized carbons (Fsp3) is 0.611. The highest BCUT2D eigenvalue weighted by atomic mass is 16.5. The van der Waals surface area contributed by atoms with Crippen molar-refractivity contribution < 1.29 is 9.53 Å². The van der Waals surface area contributed by atoms with Crippen LogP contribution in [0.5, 0.6) is 5.75 Å². The van der Waals surface area contributed by atoms with E-state index in [4.69, 9.17) is 4.74 Å². The van der Waals surface area contributed by atoms with E-state index in [1.165, 1.54) is 25.7 Å². The minimum atomic E-state index is 0.106. The quantitative estimate of drug-likeness (QED) is 0.903. The second-order valence-corrected chi connectivity index (χ2v) is 6.68. The van der Waals surface area contributed by atoms with Crippen LogP contribution in [-0.2, 0) is 11.2 Å². The highest BCUT2D eigenvalue weighted by molar-refractivity contribution is 5.79. The lowest BCUT2D eigenvalue weighted by Gasteiger charge is -2.28. The Morgan fingerprint density at radius 3 is 2.81 bits per heavy atom. The van der Waals surface area contributed by atoms with Crippen molar-refractivity contribution in [1.82, 2.24) is 5.32 Å². The first-order chi connectivity index (χ1) is 10.2. The molecular formula is C18H25NO2. The molecule has 0 aromatic heterocycles. The molecule has 2 bridgehead atoms. The molecule has 0 unspecified atom stereocenters. The molecule has 0 spiro atoms. The molecule has 1 N–H and O–H groups in total. The molecule has 0 heterocycles. The number of nitrogens with one attached hydrogen (secondary N) is 1. The first-order valence-corrected chi connectivity index (χ1v) is 8.08. The van der Waals surface area contributed by atoms with E-state index in [0.29, 0.717) is 18.4 Å². The lowest BCUT2D eigenvalue weighted by atomic mass is 9.84. The molecule has 0 aliphatic heterocycles. The smallest absolute Gasteiger partial charge is 0.224 e. The van der Waals surface area contributed by atoms with Gasteiger partial charge in [0.1, 0.15) is 5.75 Å². The van der Waals surface area contributed by atoms with Crippen LogP contribution < -0.4 is 10.1 Å².